The molecule has 34 heavy (non-hydrogen) atoms. The third kappa shape index (κ3) is 3.83. The molecule has 2 aliphatic rings. The van der Waals surface area contributed by atoms with Gasteiger partial charge in [0.15, 0.2) is 5.84 Å². The molecule has 1 aromatic heterocycles. The number of aromatic nitrogens is 1. The molecule has 3 aromatic rings. The van der Waals surface area contributed by atoms with Gasteiger partial charge >= 0.3 is 0 Å². The van der Waals surface area contributed by atoms with Gasteiger partial charge in [-0.2, -0.15) is 8.42 Å². The van der Waals surface area contributed by atoms with Gasteiger partial charge < -0.3 is 15.8 Å². The van der Waals surface area contributed by atoms with Gasteiger partial charge in [0.1, 0.15) is 16.2 Å². The van der Waals surface area contributed by atoms with Crippen molar-refractivity contribution in [2.45, 2.75) is 50.5 Å². The summed E-state index contributed by atoms with van der Waals surface area (Å²) in [7, 11) is -4.03. The molecule has 9 heteroatoms. The molecule has 178 valence electrons. The third-order valence-corrected chi connectivity index (χ3v) is 8.28. The first-order valence-electron chi connectivity index (χ1n) is 11.6. The number of rotatable bonds is 4. The number of fused-ring (bicyclic) bond motifs is 2. The Hall–Kier alpha value is -3.33. The fraction of sp³-hybridized carbons (Fsp3) is 0.360. The number of pyridine rings is 1. The van der Waals surface area contributed by atoms with Crippen LogP contribution in [0.25, 0.3) is 10.9 Å². The third-order valence-electron chi connectivity index (χ3n) is 6.95. The van der Waals surface area contributed by atoms with Crippen LogP contribution >= 0.6 is 0 Å². The van der Waals surface area contributed by atoms with Crippen molar-refractivity contribution >= 4 is 32.4 Å². The first kappa shape index (κ1) is 22.5. The van der Waals surface area contributed by atoms with E-state index in [-0.39, 0.29) is 28.1 Å². The summed E-state index contributed by atoms with van der Waals surface area (Å²) in [4.78, 5) is 13.7. The molecule has 8 nitrogen and oxygen atoms in total. The van der Waals surface area contributed by atoms with E-state index >= 15 is 0 Å². The van der Waals surface area contributed by atoms with Gasteiger partial charge in [-0.25, -0.2) is 4.68 Å². The summed E-state index contributed by atoms with van der Waals surface area (Å²) in [6.45, 7) is 4.49. The topological polar surface area (TPSA) is 113 Å². The SMILES string of the molecule is CC(C)C1CCC(Nn2c(=O)c(C3=NS(=O)(=O)c4ccccc4N3)c(O)c3ccccc32)CC1. The number of sulfonamides is 1. The van der Waals surface area contributed by atoms with Gasteiger partial charge in [-0.15, -0.1) is 4.40 Å². The maximum Gasteiger partial charge on any atom is 0.286 e. The molecule has 5 rings (SSSR count). The lowest BCUT2D eigenvalue weighted by Gasteiger charge is -2.32. The van der Waals surface area contributed by atoms with E-state index in [4.69, 9.17) is 0 Å². The highest BCUT2D eigenvalue weighted by atomic mass is 32.2. The number of nitrogens with one attached hydrogen (secondary N) is 2. The van der Waals surface area contributed by atoms with Gasteiger partial charge in [0.2, 0.25) is 0 Å². The number of aromatic hydroxyl groups is 1. The Labute approximate surface area is 198 Å². The lowest BCUT2D eigenvalue weighted by Crippen LogP contribution is -2.41. The van der Waals surface area contributed by atoms with Gasteiger partial charge in [0.05, 0.1) is 11.2 Å². The number of benzene rings is 2. The van der Waals surface area contributed by atoms with E-state index in [1.165, 1.54) is 10.7 Å². The minimum Gasteiger partial charge on any atom is -0.506 e. The zero-order valence-electron chi connectivity index (χ0n) is 19.2. The van der Waals surface area contributed by atoms with Gasteiger partial charge in [0, 0.05) is 11.4 Å². The van der Waals surface area contributed by atoms with Crippen molar-refractivity contribution < 1.29 is 13.5 Å². The summed E-state index contributed by atoms with van der Waals surface area (Å²) in [5.74, 6) is 0.812. The van der Waals surface area contributed by atoms with E-state index in [0.717, 1.165) is 25.7 Å². The highest BCUT2D eigenvalue weighted by Gasteiger charge is 2.30. The fourth-order valence-electron chi connectivity index (χ4n) is 4.99. The largest absolute Gasteiger partial charge is 0.506 e. The van der Waals surface area contributed by atoms with E-state index in [1.807, 2.05) is 0 Å². The highest BCUT2D eigenvalue weighted by molar-refractivity contribution is 7.90. The molecule has 0 spiro atoms. The monoisotopic (exact) mass is 480 g/mol. The van der Waals surface area contributed by atoms with Crippen LogP contribution in [-0.2, 0) is 10.0 Å². The lowest BCUT2D eigenvalue weighted by atomic mass is 9.80. The van der Waals surface area contributed by atoms with Crippen molar-refractivity contribution in [2.75, 3.05) is 10.7 Å². The van der Waals surface area contributed by atoms with Crippen molar-refractivity contribution in [3.63, 3.8) is 0 Å². The molecule has 0 atom stereocenters. The predicted molar refractivity (Wildman–Crippen MR) is 134 cm³/mol. The van der Waals surface area contributed by atoms with Gasteiger partial charge in [0.25, 0.3) is 15.6 Å². The summed E-state index contributed by atoms with van der Waals surface area (Å²) in [5, 5.41) is 14.4. The summed E-state index contributed by atoms with van der Waals surface area (Å²) in [5.41, 5.74) is 3.46. The predicted octanol–water partition coefficient (Wildman–Crippen LogP) is 4.03. The van der Waals surface area contributed by atoms with E-state index in [2.05, 4.69) is 29.0 Å². The molecule has 2 heterocycles. The van der Waals surface area contributed by atoms with Crippen LogP contribution in [0.1, 0.15) is 45.1 Å². The van der Waals surface area contributed by atoms with Crippen molar-refractivity contribution in [3.8, 4) is 5.75 Å². The molecule has 0 radical (unpaired) electrons. The molecule has 1 aliphatic heterocycles. The average Bonchev–Trinajstić information content (AvgIpc) is 2.82. The summed E-state index contributed by atoms with van der Waals surface area (Å²) in [6.07, 6.45) is 4.02. The minimum atomic E-state index is -4.03. The van der Waals surface area contributed by atoms with Crippen LogP contribution in [0.15, 0.2) is 62.6 Å². The Morgan fingerprint density at radius 3 is 2.47 bits per heavy atom. The minimum absolute atomic E-state index is 0.0272. The van der Waals surface area contributed by atoms with Crippen LogP contribution in [0.2, 0.25) is 0 Å². The normalized spacial score (nSPS) is 21.6. The Bertz CT molecular complexity index is 1450. The second-order valence-corrected chi connectivity index (χ2v) is 11.0. The quantitative estimate of drug-likeness (QED) is 0.520. The molecule has 1 aliphatic carbocycles. The number of hydrogen-bond acceptors (Lipinski definition) is 6. The average molecular weight is 481 g/mol. The zero-order chi connectivity index (χ0) is 24.0. The second kappa shape index (κ2) is 8.47. The molecule has 1 saturated carbocycles. The Morgan fingerprint density at radius 2 is 1.74 bits per heavy atom. The van der Waals surface area contributed by atoms with Crippen molar-refractivity contribution in [2.24, 2.45) is 16.2 Å². The molecule has 0 bridgehead atoms. The van der Waals surface area contributed by atoms with Gasteiger partial charge in [-0.1, -0.05) is 38.1 Å². The first-order valence-corrected chi connectivity index (χ1v) is 13.0. The van der Waals surface area contributed by atoms with E-state index in [0.29, 0.717) is 28.4 Å². The molecule has 0 saturated heterocycles. The number of para-hydroxylation sites is 2. The van der Waals surface area contributed by atoms with Crippen molar-refractivity contribution in [1.82, 2.24) is 4.68 Å². The molecular weight excluding hydrogens is 452 g/mol. The molecule has 2 aromatic carbocycles. The second-order valence-electron chi connectivity index (χ2n) is 9.40. The van der Waals surface area contributed by atoms with Crippen LogP contribution in [-0.4, -0.2) is 30.1 Å². The standard InChI is InChI=1S/C25H28N4O4S/c1-15(2)16-11-13-17(14-12-16)27-29-20-9-5-3-7-18(20)23(30)22(25(29)31)24-26-19-8-4-6-10-21(19)34(32,33)28-24/h3-10,15-17,27,30H,11-14H2,1-2H3,(H,26,28). The molecule has 0 amide bonds. The Morgan fingerprint density at radius 1 is 1.06 bits per heavy atom. The number of hydrogen-bond donors (Lipinski definition) is 3. The number of anilines is 1. The smallest absolute Gasteiger partial charge is 0.286 e. The van der Waals surface area contributed by atoms with Crippen LogP contribution < -0.4 is 16.3 Å². The first-order chi connectivity index (χ1) is 16.3. The lowest BCUT2D eigenvalue weighted by molar-refractivity contribution is 0.261. The molecule has 1 fully saturated rings. The van der Waals surface area contributed by atoms with Crippen LogP contribution in [0.5, 0.6) is 5.75 Å². The summed E-state index contributed by atoms with van der Waals surface area (Å²) >= 11 is 0. The maximum absolute atomic E-state index is 13.7. The van der Waals surface area contributed by atoms with E-state index < -0.39 is 15.6 Å². The number of amidine groups is 1. The van der Waals surface area contributed by atoms with E-state index in [1.54, 1.807) is 42.5 Å². The van der Waals surface area contributed by atoms with Crippen molar-refractivity contribution in [1.29, 1.82) is 0 Å². The zero-order valence-corrected chi connectivity index (χ0v) is 20.0. The van der Waals surface area contributed by atoms with Crippen molar-refractivity contribution in [3.05, 3.63) is 64.4 Å². The van der Waals surface area contributed by atoms with Crippen LogP contribution in [0, 0.1) is 11.8 Å². The highest BCUT2D eigenvalue weighted by Crippen LogP contribution is 2.33. The van der Waals surface area contributed by atoms with Gasteiger partial charge in [-0.05, 0) is 61.8 Å². The molecule has 0 unspecified atom stereocenters. The Kier molecular flexibility index (Phi) is 5.59. The van der Waals surface area contributed by atoms with Gasteiger partial charge in [-0.3, -0.25) is 4.79 Å². The van der Waals surface area contributed by atoms with Crippen LogP contribution in [0.3, 0.4) is 0 Å². The van der Waals surface area contributed by atoms with E-state index in [9.17, 15) is 18.3 Å². The van der Waals surface area contributed by atoms with Crippen LogP contribution in [0.4, 0.5) is 5.69 Å². The summed E-state index contributed by atoms with van der Waals surface area (Å²) < 4.78 is 30.9. The molecular formula is C25H28N4O4S. The summed E-state index contributed by atoms with van der Waals surface area (Å²) in [6, 6.07) is 13.5. The Balaban J connectivity index is 1.61. The number of nitrogens with zero attached hydrogens (tertiary/aromatic N) is 2. The molecule has 3 N–H and O–H groups in total. The maximum atomic E-state index is 13.7. The fourth-order valence-corrected chi connectivity index (χ4v) is 6.11.